The molecule has 0 N–H and O–H groups in total. The van der Waals surface area contributed by atoms with Crippen LogP contribution in [-0.2, 0) is 11.3 Å². The first-order chi connectivity index (χ1) is 14.9. The molecule has 4 rings (SSSR count). The monoisotopic (exact) mass is 420 g/mol. The van der Waals surface area contributed by atoms with E-state index in [9.17, 15) is 14.0 Å². The third-order valence-corrected chi connectivity index (χ3v) is 5.64. The fourth-order valence-electron chi connectivity index (χ4n) is 3.81. The number of halogens is 1. The minimum atomic E-state index is -0.299. The highest BCUT2D eigenvalue weighted by Gasteiger charge is 2.22. The summed E-state index contributed by atoms with van der Waals surface area (Å²) in [6.07, 6.45) is 0. The smallest absolute Gasteiger partial charge is 0.267 e. The van der Waals surface area contributed by atoms with Crippen molar-refractivity contribution in [3.8, 4) is 11.3 Å². The van der Waals surface area contributed by atoms with Gasteiger partial charge in [-0.25, -0.2) is 9.07 Å². The number of rotatable bonds is 4. The van der Waals surface area contributed by atoms with Crippen molar-refractivity contribution in [2.45, 2.75) is 20.4 Å². The second kappa shape index (κ2) is 8.71. The van der Waals surface area contributed by atoms with Crippen LogP contribution in [0, 0.1) is 19.7 Å². The van der Waals surface area contributed by atoms with Crippen LogP contribution < -0.4 is 10.5 Å². The molecule has 1 saturated heterocycles. The molecule has 0 unspecified atom stereocenters. The van der Waals surface area contributed by atoms with Gasteiger partial charge >= 0.3 is 0 Å². The first-order valence-corrected chi connectivity index (χ1v) is 10.3. The maximum absolute atomic E-state index is 13.1. The average Bonchev–Trinajstić information content (AvgIpc) is 2.77. The van der Waals surface area contributed by atoms with E-state index < -0.39 is 0 Å². The summed E-state index contributed by atoms with van der Waals surface area (Å²) in [6.45, 7) is 6.31. The Morgan fingerprint density at radius 3 is 2.39 bits per heavy atom. The van der Waals surface area contributed by atoms with Crippen LogP contribution in [-0.4, -0.2) is 46.8 Å². The fraction of sp³-hybridized carbons (Fsp3) is 0.292. The van der Waals surface area contributed by atoms with Crippen molar-refractivity contribution in [1.29, 1.82) is 0 Å². The van der Waals surface area contributed by atoms with Crippen molar-refractivity contribution in [1.82, 2.24) is 14.7 Å². The summed E-state index contributed by atoms with van der Waals surface area (Å²) in [5, 5.41) is 4.46. The minimum Gasteiger partial charge on any atom is -0.368 e. The maximum atomic E-state index is 13.1. The number of aryl methyl sites for hydroxylation is 2. The SMILES string of the molecule is Cc1ccc(C)c(-c2ccc(=O)n(CC(=O)N3CCN(c4ccc(F)cc4)CC3)n2)c1. The number of piperazine rings is 1. The van der Waals surface area contributed by atoms with Crippen molar-refractivity contribution in [2.75, 3.05) is 31.1 Å². The highest BCUT2D eigenvalue weighted by molar-refractivity contribution is 5.76. The third-order valence-electron chi connectivity index (χ3n) is 5.64. The second-order valence-electron chi connectivity index (χ2n) is 7.88. The topological polar surface area (TPSA) is 58.4 Å². The van der Waals surface area contributed by atoms with Gasteiger partial charge in [0.15, 0.2) is 0 Å². The molecule has 3 aromatic rings. The van der Waals surface area contributed by atoms with Crippen molar-refractivity contribution >= 4 is 11.6 Å². The molecule has 1 fully saturated rings. The number of carbonyl (C=O) groups excluding carboxylic acids is 1. The van der Waals surface area contributed by atoms with E-state index >= 15 is 0 Å². The van der Waals surface area contributed by atoms with Crippen LogP contribution in [0.15, 0.2) is 59.4 Å². The van der Waals surface area contributed by atoms with Crippen LogP contribution in [0.1, 0.15) is 11.1 Å². The number of anilines is 1. The first kappa shape index (κ1) is 20.8. The molecule has 1 amide bonds. The molecular weight excluding hydrogens is 395 g/mol. The van der Waals surface area contributed by atoms with Gasteiger partial charge in [0.2, 0.25) is 5.91 Å². The highest BCUT2D eigenvalue weighted by Crippen LogP contribution is 2.22. The van der Waals surface area contributed by atoms with Crippen molar-refractivity contribution in [3.05, 3.63) is 81.9 Å². The van der Waals surface area contributed by atoms with Gasteiger partial charge in [-0.15, -0.1) is 0 Å². The van der Waals surface area contributed by atoms with E-state index in [1.165, 1.54) is 22.9 Å². The molecule has 0 atom stereocenters. The molecule has 0 spiro atoms. The first-order valence-electron chi connectivity index (χ1n) is 10.3. The highest BCUT2D eigenvalue weighted by atomic mass is 19.1. The molecule has 0 saturated carbocycles. The zero-order valence-electron chi connectivity index (χ0n) is 17.7. The molecule has 1 aliphatic heterocycles. The van der Waals surface area contributed by atoms with Crippen LogP contribution in [0.3, 0.4) is 0 Å². The molecule has 1 aliphatic rings. The number of benzene rings is 2. The number of hydrogen-bond donors (Lipinski definition) is 0. The van der Waals surface area contributed by atoms with Crippen LogP contribution in [0.25, 0.3) is 11.3 Å². The van der Waals surface area contributed by atoms with E-state index in [0.29, 0.717) is 31.9 Å². The minimum absolute atomic E-state index is 0.0892. The summed E-state index contributed by atoms with van der Waals surface area (Å²) in [5.41, 5.74) is 4.44. The number of aromatic nitrogens is 2. The Kier molecular flexibility index (Phi) is 5.84. The van der Waals surface area contributed by atoms with Crippen LogP contribution in [0.5, 0.6) is 0 Å². The van der Waals surface area contributed by atoms with Crippen molar-refractivity contribution < 1.29 is 9.18 Å². The van der Waals surface area contributed by atoms with E-state index in [2.05, 4.69) is 10.00 Å². The summed E-state index contributed by atoms with van der Waals surface area (Å²) >= 11 is 0. The van der Waals surface area contributed by atoms with E-state index in [1.54, 1.807) is 23.1 Å². The number of hydrogen-bond acceptors (Lipinski definition) is 4. The number of amides is 1. The predicted molar refractivity (Wildman–Crippen MR) is 119 cm³/mol. The molecular formula is C24H25FN4O2. The Labute approximate surface area is 180 Å². The van der Waals surface area contributed by atoms with E-state index in [1.807, 2.05) is 32.0 Å². The normalized spacial score (nSPS) is 14.0. The van der Waals surface area contributed by atoms with Crippen molar-refractivity contribution in [3.63, 3.8) is 0 Å². The Morgan fingerprint density at radius 1 is 0.968 bits per heavy atom. The summed E-state index contributed by atoms with van der Waals surface area (Å²) < 4.78 is 14.4. The molecule has 31 heavy (non-hydrogen) atoms. The van der Waals surface area contributed by atoms with Crippen LogP contribution in [0.4, 0.5) is 10.1 Å². The lowest BCUT2D eigenvalue weighted by atomic mass is 10.0. The van der Waals surface area contributed by atoms with Gasteiger partial charge in [0.05, 0.1) is 5.69 Å². The molecule has 1 aromatic heterocycles. The van der Waals surface area contributed by atoms with Crippen LogP contribution in [0.2, 0.25) is 0 Å². The fourth-order valence-corrected chi connectivity index (χ4v) is 3.81. The van der Waals surface area contributed by atoms with E-state index in [0.717, 1.165) is 22.4 Å². The van der Waals surface area contributed by atoms with Gasteiger partial charge < -0.3 is 9.80 Å². The Hall–Kier alpha value is -3.48. The standard InChI is InChI=1S/C24H25FN4O2/c1-17-3-4-18(2)21(15-17)22-9-10-23(30)29(26-22)16-24(31)28-13-11-27(12-14-28)20-7-5-19(25)6-8-20/h3-10,15H,11-14,16H2,1-2H3. The van der Waals surface area contributed by atoms with Gasteiger partial charge in [0, 0.05) is 43.5 Å². The summed E-state index contributed by atoms with van der Waals surface area (Å²) in [6, 6.07) is 15.6. The van der Waals surface area contributed by atoms with Gasteiger partial charge in [0.1, 0.15) is 12.4 Å². The molecule has 6 nitrogen and oxygen atoms in total. The zero-order chi connectivity index (χ0) is 22.0. The Morgan fingerprint density at radius 2 is 1.68 bits per heavy atom. The Bertz CT molecular complexity index is 1150. The molecule has 0 radical (unpaired) electrons. The summed E-state index contributed by atoms with van der Waals surface area (Å²) in [5.74, 6) is -0.398. The van der Waals surface area contributed by atoms with E-state index in [4.69, 9.17) is 0 Å². The maximum Gasteiger partial charge on any atom is 0.267 e. The predicted octanol–water partition coefficient (Wildman–Crippen LogP) is 3.02. The number of nitrogens with zero attached hydrogens (tertiary/aromatic N) is 4. The lowest BCUT2D eigenvalue weighted by Gasteiger charge is -2.36. The molecule has 0 bridgehead atoms. The summed E-state index contributed by atoms with van der Waals surface area (Å²) in [7, 11) is 0. The molecule has 2 heterocycles. The Balaban J connectivity index is 1.45. The van der Waals surface area contributed by atoms with Gasteiger partial charge in [-0.1, -0.05) is 17.7 Å². The summed E-state index contributed by atoms with van der Waals surface area (Å²) in [4.78, 5) is 29.0. The number of carbonyl (C=O) groups is 1. The second-order valence-corrected chi connectivity index (χ2v) is 7.88. The largest absolute Gasteiger partial charge is 0.368 e. The molecule has 160 valence electrons. The average molecular weight is 420 g/mol. The van der Waals surface area contributed by atoms with E-state index in [-0.39, 0.29) is 23.8 Å². The van der Waals surface area contributed by atoms with Gasteiger partial charge in [-0.3, -0.25) is 9.59 Å². The van der Waals surface area contributed by atoms with Gasteiger partial charge in [-0.05, 0) is 55.8 Å². The zero-order valence-corrected chi connectivity index (χ0v) is 17.7. The van der Waals surface area contributed by atoms with Gasteiger partial charge in [-0.2, -0.15) is 5.10 Å². The van der Waals surface area contributed by atoms with Crippen molar-refractivity contribution in [2.24, 2.45) is 0 Å². The van der Waals surface area contributed by atoms with Crippen LogP contribution >= 0.6 is 0 Å². The van der Waals surface area contributed by atoms with Gasteiger partial charge in [0.25, 0.3) is 5.56 Å². The molecule has 2 aromatic carbocycles. The lowest BCUT2D eigenvalue weighted by molar-refractivity contribution is -0.132. The quantitative estimate of drug-likeness (QED) is 0.651. The molecule has 0 aliphatic carbocycles. The lowest BCUT2D eigenvalue weighted by Crippen LogP contribution is -2.50. The third kappa shape index (κ3) is 4.66. The molecule has 7 heteroatoms.